The van der Waals surface area contributed by atoms with Crippen LogP contribution >= 0.6 is 0 Å². The molecular formula is C28H45N5O4. The van der Waals surface area contributed by atoms with Crippen LogP contribution in [0.15, 0.2) is 28.4 Å². The van der Waals surface area contributed by atoms with Gasteiger partial charge in [0.15, 0.2) is 5.96 Å². The van der Waals surface area contributed by atoms with E-state index in [9.17, 15) is 15.0 Å². The zero-order valence-corrected chi connectivity index (χ0v) is 22.6. The number of hydrogen-bond donors (Lipinski definition) is 5. The van der Waals surface area contributed by atoms with E-state index in [4.69, 9.17) is 10.5 Å². The second-order valence-corrected chi connectivity index (χ2v) is 11.9. The van der Waals surface area contributed by atoms with Gasteiger partial charge in [-0.3, -0.25) is 4.99 Å². The van der Waals surface area contributed by atoms with Crippen LogP contribution in [0.25, 0.3) is 0 Å². The monoisotopic (exact) mass is 515 g/mol. The van der Waals surface area contributed by atoms with Crippen molar-refractivity contribution in [3.05, 3.63) is 23.4 Å². The minimum absolute atomic E-state index is 0.198. The number of aliphatic carboxylic acids is 1. The third kappa shape index (κ3) is 3.72. The van der Waals surface area contributed by atoms with E-state index in [0.717, 1.165) is 57.2 Å². The predicted molar refractivity (Wildman–Crippen MR) is 143 cm³/mol. The summed E-state index contributed by atoms with van der Waals surface area (Å²) in [5.41, 5.74) is 5.64. The van der Waals surface area contributed by atoms with Crippen molar-refractivity contribution in [2.75, 3.05) is 47.4 Å². The van der Waals surface area contributed by atoms with Crippen molar-refractivity contribution in [2.45, 2.75) is 63.1 Å². The normalized spacial score (nSPS) is 41.2. The highest BCUT2D eigenvalue weighted by molar-refractivity contribution is 5.92. The number of nitrogens with two attached hydrogens (primary N) is 1. The van der Waals surface area contributed by atoms with E-state index in [0.29, 0.717) is 43.7 Å². The maximum absolute atomic E-state index is 12.9. The van der Waals surface area contributed by atoms with Gasteiger partial charge < -0.3 is 36.2 Å². The highest BCUT2D eigenvalue weighted by Gasteiger charge is 2.76. The van der Waals surface area contributed by atoms with Crippen molar-refractivity contribution in [3.8, 4) is 0 Å². The fraction of sp³-hybridized carbons (Fsp3) is 0.786. The molecule has 0 aromatic rings. The first-order valence-electron chi connectivity index (χ1n) is 14.1. The van der Waals surface area contributed by atoms with Gasteiger partial charge in [0.25, 0.3) is 0 Å². The van der Waals surface area contributed by atoms with Crippen LogP contribution in [0, 0.1) is 28.6 Å². The van der Waals surface area contributed by atoms with Gasteiger partial charge in [-0.25, -0.2) is 4.79 Å². The maximum Gasteiger partial charge on any atom is 0.334 e. The second kappa shape index (κ2) is 9.98. The topological polar surface area (TPSA) is 132 Å². The van der Waals surface area contributed by atoms with Crippen LogP contribution in [0.1, 0.15) is 51.4 Å². The molecule has 5 rings (SSSR count). The summed E-state index contributed by atoms with van der Waals surface area (Å²) >= 11 is 0. The number of rotatable bonds is 7. The van der Waals surface area contributed by atoms with Gasteiger partial charge >= 0.3 is 5.97 Å². The maximum atomic E-state index is 12.9. The molecule has 1 aliphatic heterocycles. The number of fused-ring (bicyclic) bond motifs is 1. The zero-order chi connectivity index (χ0) is 26.4. The lowest BCUT2D eigenvalue weighted by molar-refractivity contribution is -0.148. The molecule has 0 aromatic heterocycles. The minimum Gasteiger partial charge on any atom is -0.478 e. The van der Waals surface area contributed by atoms with Crippen molar-refractivity contribution in [1.29, 1.82) is 0 Å². The van der Waals surface area contributed by atoms with E-state index in [1.165, 1.54) is 0 Å². The lowest BCUT2D eigenvalue weighted by Gasteiger charge is -2.61. The number of ether oxygens (including phenoxy) is 1. The van der Waals surface area contributed by atoms with Gasteiger partial charge in [0, 0.05) is 43.8 Å². The van der Waals surface area contributed by atoms with E-state index >= 15 is 0 Å². The van der Waals surface area contributed by atoms with E-state index < -0.39 is 23.1 Å². The van der Waals surface area contributed by atoms with Crippen LogP contribution in [0.4, 0.5) is 0 Å². The van der Waals surface area contributed by atoms with Gasteiger partial charge in [0.05, 0.1) is 18.2 Å². The van der Waals surface area contributed by atoms with Crippen molar-refractivity contribution < 1.29 is 19.7 Å². The largest absolute Gasteiger partial charge is 0.478 e. The molecule has 9 heteroatoms. The highest BCUT2D eigenvalue weighted by Crippen LogP contribution is 2.78. The van der Waals surface area contributed by atoms with Crippen LogP contribution in [-0.4, -0.2) is 86.1 Å². The first-order chi connectivity index (χ1) is 17.8. The number of aliphatic hydroxyl groups is 1. The molecule has 3 bridgehead atoms. The summed E-state index contributed by atoms with van der Waals surface area (Å²) in [7, 11) is 5.50. The first-order valence-corrected chi connectivity index (χ1v) is 14.1. The van der Waals surface area contributed by atoms with Crippen LogP contribution in [-0.2, 0) is 9.53 Å². The molecule has 4 aliphatic carbocycles. The van der Waals surface area contributed by atoms with Gasteiger partial charge in [-0.2, -0.15) is 0 Å². The summed E-state index contributed by atoms with van der Waals surface area (Å²) in [4.78, 5) is 19.7. The number of guanidine groups is 1. The van der Waals surface area contributed by atoms with Crippen LogP contribution in [0.3, 0.4) is 0 Å². The molecule has 1 heterocycles. The summed E-state index contributed by atoms with van der Waals surface area (Å²) in [6, 6.07) is 0. The summed E-state index contributed by atoms with van der Waals surface area (Å²) < 4.78 is 5.87. The van der Waals surface area contributed by atoms with Gasteiger partial charge in [0.1, 0.15) is 5.60 Å². The van der Waals surface area contributed by atoms with Gasteiger partial charge in [0.2, 0.25) is 0 Å². The number of nitrogens with zero attached hydrogens (tertiary/aromatic N) is 2. The first kappa shape index (κ1) is 26.7. The Balaban J connectivity index is 1.71. The number of hydrogen-bond acceptors (Lipinski definition) is 6. The third-order valence-electron chi connectivity index (χ3n) is 10.6. The molecule has 0 aromatic carbocycles. The third-order valence-corrected chi connectivity index (χ3v) is 10.6. The molecule has 3 saturated carbocycles. The average Bonchev–Trinajstić information content (AvgIpc) is 3.23. The average molecular weight is 516 g/mol. The number of carboxylic acids is 1. The Morgan fingerprint density at radius 1 is 1.22 bits per heavy atom. The van der Waals surface area contributed by atoms with E-state index in [-0.39, 0.29) is 16.9 Å². The molecule has 3 fully saturated rings. The standard InChI is InChI=1S/C28H45N5O4/c1-30-11-12-32-25(29)33-13-10-20(15-31-2)27(17-33)19-9-8-18-6-4-5-7-22(37-3)28(36)16-26(18,27)21(14-19)23(28)24(34)35/h10,13,18-20,22,30-31,36H,4-9,11-12,14-17H2,1-3H3,(H2,29,32)(H,34,35)/t18-,19-,20-,22+,26+,27-,28-/m1/s1. The lowest BCUT2D eigenvalue weighted by atomic mass is 9.45. The summed E-state index contributed by atoms with van der Waals surface area (Å²) in [5, 5.41) is 29.5. The van der Waals surface area contributed by atoms with Crippen molar-refractivity contribution in [2.24, 2.45) is 39.3 Å². The predicted octanol–water partition coefficient (Wildman–Crippen LogP) is 1.69. The molecule has 0 amide bonds. The Kier molecular flexibility index (Phi) is 7.19. The molecule has 5 aliphatic rings. The molecule has 0 radical (unpaired) electrons. The van der Waals surface area contributed by atoms with Crippen molar-refractivity contribution >= 4 is 11.9 Å². The number of nitrogens with one attached hydrogen (secondary N) is 2. The molecule has 0 unspecified atom stereocenters. The van der Waals surface area contributed by atoms with E-state index in [2.05, 4.69) is 32.8 Å². The Bertz CT molecular complexity index is 997. The Morgan fingerprint density at radius 3 is 2.68 bits per heavy atom. The van der Waals surface area contributed by atoms with Crippen LogP contribution < -0.4 is 16.4 Å². The molecule has 2 spiro atoms. The molecule has 206 valence electrons. The van der Waals surface area contributed by atoms with E-state index in [1.807, 2.05) is 14.1 Å². The Morgan fingerprint density at radius 2 is 1.97 bits per heavy atom. The number of methoxy groups -OCH3 is 1. The molecular weight excluding hydrogens is 470 g/mol. The molecule has 9 nitrogen and oxygen atoms in total. The zero-order valence-electron chi connectivity index (χ0n) is 22.6. The molecule has 7 atom stereocenters. The molecule has 0 saturated heterocycles. The number of aliphatic imine (C=N–C) groups is 1. The molecule has 6 N–H and O–H groups in total. The number of carboxylic acid groups (broad SMARTS) is 1. The quantitative estimate of drug-likeness (QED) is 0.197. The van der Waals surface area contributed by atoms with Crippen molar-refractivity contribution in [1.82, 2.24) is 15.5 Å². The fourth-order valence-electron chi connectivity index (χ4n) is 9.39. The number of carbonyl (C=O) groups is 1. The Hall–Kier alpha value is -1.94. The highest BCUT2D eigenvalue weighted by atomic mass is 16.5. The van der Waals surface area contributed by atoms with Gasteiger partial charge in [-0.15, -0.1) is 0 Å². The van der Waals surface area contributed by atoms with E-state index in [1.54, 1.807) is 7.11 Å². The summed E-state index contributed by atoms with van der Waals surface area (Å²) in [5.74, 6) is 0.372. The van der Waals surface area contributed by atoms with Gasteiger partial charge in [-0.1, -0.05) is 18.9 Å². The summed E-state index contributed by atoms with van der Waals surface area (Å²) in [6.45, 7) is 2.84. The number of likely N-dealkylation sites (N-methyl/N-ethyl adjacent to an activating group) is 1. The number of allylic oxidation sites excluding steroid dienone is 1. The fourth-order valence-corrected chi connectivity index (χ4v) is 9.39. The van der Waals surface area contributed by atoms with Gasteiger partial charge in [-0.05, 0) is 75.9 Å². The Labute approximate surface area is 220 Å². The smallest absolute Gasteiger partial charge is 0.334 e. The van der Waals surface area contributed by atoms with Crippen LogP contribution in [0.5, 0.6) is 0 Å². The minimum atomic E-state index is -1.49. The summed E-state index contributed by atoms with van der Waals surface area (Å²) in [6.07, 6.45) is 10.9. The lowest BCUT2D eigenvalue weighted by Crippen LogP contribution is -2.63. The van der Waals surface area contributed by atoms with Crippen molar-refractivity contribution in [3.63, 3.8) is 0 Å². The van der Waals surface area contributed by atoms with Crippen LogP contribution in [0.2, 0.25) is 0 Å². The molecule has 37 heavy (non-hydrogen) atoms. The second-order valence-electron chi connectivity index (χ2n) is 11.9. The SMILES string of the molecule is CNCCN=C(N)N1C=C[C@H](CNC)[C@@]2(C1)[C@@H]1CC[C@H]3CCCC[C@H](OC)[C@]4(O)C[C@@]32C(=C4C(=O)O)C1.